The standard InChI is InChI=1S/C35H48N4O7/c1-4-6-34(41)37-15-13-27(14-16-37)39-21-29-32(22-39)45-24-26-7-5-8-28(19-26)46-31-20-25(9-11-30(31)44-3)10-12-35(42)38(17-18-43-2)23-33(40)36-29/h5,7-9,11,19-20,27,29,32H,4,6,10,12-18,21-24H2,1-3H3,(H,36,40)/t29-,32-/m0/s1. The fourth-order valence-electron chi connectivity index (χ4n) is 6.58. The second-order valence-corrected chi connectivity index (χ2v) is 12.4. The number of rotatable bonds is 7. The van der Waals surface area contributed by atoms with Crippen LogP contribution in [-0.4, -0.2) is 111 Å². The van der Waals surface area contributed by atoms with E-state index in [-0.39, 0.29) is 42.8 Å². The van der Waals surface area contributed by atoms with Crippen LogP contribution in [0, 0.1) is 0 Å². The van der Waals surface area contributed by atoms with Crippen molar-refractivity contribution in [2.75, 3.05) is 60.1 Å². The molecule has 2 aromatic rings. The quantitative estimate of drug-likeness (QED) is 0.493. The van der Waals surface area contributed by atoms with E-state index in [1.54, 1.807) is 19.1 Å². The number of amides is 3. The second kappa shape index (κ2) is 16.2. The Hall–Kier alpha value is -3.67. The maximum Gasteiger partial charge on any atom is 0.239 e. The zero-order valence-electron chi connectivity index (χ0n) is 27.4. The van der Waals surface area contributed by atoms with Crippen LogP contribution in [0.3, 0.4) is 0 Å². The number of nitrogens with zero attached hydrogens (tertiary/aromatic N) is 3. The molecule has 2 fully saturated rings. The van der Waals surface area contributed by atoms with Crippen molar-refractivity contribution in [3.63, 3.8) is 0 Å². The zero-order chi connectivity index (χ0) is 32.5. The van der Waals surface area contributed by atoms with Crippen LogP contribution >= 0.6 is 0 Å². The number of likely N-dealkylation sites (tertiary alicyclic amines) is 2. The monoisotopic (exact) mass is 636 g/mol. The lowest BCUT2D eigenvalue weighted by Gasteiger charge is -2.36. The number of fused-ring (bicyclic) bond motifs is 5. The van der Waals surface area contributed by atoms with E-state index in [9.17, 15) is 14.4 Å². The molecule has 4 bridgehead atoms. The summed E-state index contributed by atoms with van der Waals surface area (Å²) in [6, 6.07) is 13.5. The lowest BCUT2D eigenvalue weighted by atomic mass is 10.0. The molecule has 11 heteroatoms. The van der Waals surface area contributed by atoms with E-state index in [2.05, 4.69) is 10.2 Å². The lowest BCUT2D eigenvalue weighted by Crippen LogP contribution is -2.49. The summed E-state index contributed by atoms with van der Waals surface area (Å²) in [5, 5.41) is 3.20. The van der Waals surface area contributed by atoms with Gasteiger partial charge in [0, 0.05) is 58.7 Å². The molecule has 3 heterocycles. The summed E-state index contributed by atoms with van der Waals surface area (Å²) in [6.07, 6.45) is 3.72. The van der Waals surface area contributed by atoms with Gasteiger partial charge in [-0.05, 0) is 61.1 Å². The molecule has 5 rings (SSSR count). The van der Waals surface area contributed by atoms with Gasteiger partial charge in [0.15, 0.2) is 11.5 Å². The first-order valence-electron chi connectivity index (χ1n) is 16.5. The molecule has 0 aliphatic carbocycles. The number of piperidine rings is 1. The van der Waals surface area contributed by atoms with Crippen LogP contribution in [0.5, 0.6) is 17.2 Å². The van der Waals surface area contributed by atoms with E-state index >= 15 is 0 Å². The summed E-state index contributed by atoms with van der Waals surface area (Å²) in [7, 11) is 3.18. The smallest absolute Gasteiger partial charge is 0.239 e. The molecule has 0 aromatic heterocycles. The molecule has 2 atom stereocenters. The number of methoxy groups -OCH3 is 2. The van der Waals surface area contributed by atoms with E-state index in [1.807, 2.05) is 54.3 Å². The predicted octanol–water partition coefficient (Wildman–Crippen LogP) is 3.39. The molecule has 2 saturated heterocycles. The Morgan fingerprint density at radius 2 is 1.85 bits per heavy atom. The Morgan fingerprint density at radius 3 is 2.61 bits per heavy atom. The molecule has 0 saturated carbocycles. The Labute approximate surface area is 272 Å². The fraction of sp³-hybridized carbons (Fsp3) is 0.571. The highest BCUT2D eigenvalue weighted by Crippen LogP contribution is 2.33. The maximum atomic E-state index is 13.5. The molecular formula is C35H48N4O7. The molecule has 0 radical (unpaired) electrons. The summed E-state index contributed by atoms with van der Waals surface area (Å²) in [4.78, 5) is 45.2. The number of hydrogen-bond donors (Lipinski definition) is 1. The number of benzene rings is 2. The van der Waals surface area contributed by atoms with Crippen molar-refractivity contribution in [3.8, 4) is 17.2 Å². The Bertz CT molecular complexity index is 1350. The van der Waals surface area contributed by atoms with Gasteiger partial charge in [0.25, 0.3) is 0 Å². The van der Waals surface area contributed by atoms with Crippen LogP contribution in [0.2, 0.25) is 0 Å². The number of ether oxygens (including phenoxy) is 4. The van der Waals surface area contributed by atoms with Gasteiger partial charge in [0.2, 0.25) is 17.7 Å². The third-order valence-electron chi connectivity index (χ3n) is 9.14. The van der Waals surface area contributed by atoms with Gasteiger partial charge in [0.05, 0.1) is 39.0 Å². The van der Waals surface area contributed by atoms with E-state index in [1.165, 1.54) is 0 Å². The van der Waals surface area contributed by atoms with Gasteiger partial charge in [0.1, 0.15) is 5.75 Å². The van der Waals surface area contributed by atoms with Gasteiger partial charge in [-0.1, -0.05) is 25.1 Å². The number of carbonyl (C=O) groups is 3. The summed E-state index contributed by atoms with van der Waals surface area (Å²) in [5.41, 5.74) is 1.88. The third-order valence-corrected chi connectivity index (χ3v) is 9.14. The molecule has 2 aromatic carbocycles. The van der Waals surface area contributed by atoms with Gasteiger partial charge >= 0.3 is 0 Å². The SMILES string of the molecule is CCCC(=O)N1CCC(N2C[C@@H]3NC(=O)CN(CCOC)C(=O)CCc4ccc(OC)c(c4)Oc4cccc(c4)CO[C@H]3C2)CC1. The van der Waals surface area contributed by atoms with Crippen molar-refractivity contribution in [1.82, 2.24) is 20.0 Å². The van der Waals surface area contributed by atoms with Crippen LogP contribution in [0.25, 0.3) is 0 Å². The molecule has 3 aliphatic rings. The summed E-state index contributed by atoms with van der Waals surface area (Å²) < 4.78 is 23.6. The number of carbonyl (C=O) groups excluding carboxylic acids is 3. The zero-order valence-corrected chi connectivity index (χ0v) is 27.4. The lowest BCUT2D eigenvalue weighted by molar-refractivity contribution is -0.137. The topological polar surface area (TPSA) is 110 Å². The number of aryl methyl sites for hydroxylation is 1. The average Bonchev–Trinajstić information content (AvgIpc) is 3.46. The second-order valence-electron chi connectivity index (χ2n) is 12.4. The molecule has 0 spiro atoms. The highest BCUT2D eigenvalue weighted by molar-refractivity contribution is 5.85. The Morgan fingerprint density at radius 1 is 1.02 bits per heavy atom. The van der Waals surface area contributed by atoms with Crippen LogP contribution in [-0.2, 0) is 36.9 Å². The molecule has 3 aliphatic heterocycles. The minimum atomic E-state index is -0.243. The van der Waals surface area contributed by atoms with Crippen molar-refractivity contribution in [3.05, 3.63) is 53.6 Å². The molecule has 1 N–H and O–H groups in total. The van der Waals surface area contributed by atoms with Crippen molar-refractivity contribution in [1.29, 1.82) is 0 Å². The summed E-state index contributed by atoms with van der Waals surface area (Å²) >= 11 is 0. The van der Waals surface area contributed by atoms with Crippen LogP contribution in [0.4, 0.5) is 0 Å². The maximum absolute atomic E-state index is 13.5. The van der Waals surface area contributed by atoms with E-state index in [0.717, 1.165) is 43.5 Å². The number of nitrogens with one attached hydrogen (secondary N) is 1. The van der Waals surface area contributed by atoms with E-state index < -0.39 is 0 Å². The van der Waals surface area contributed by atoms with E-state index in [0.29, 0.717) is 69.0 Å². The first-order valence-corrected chi connectivity index (χ1v) is 16.5. The van der Waals surface area contributed by atoms with Crippen molar-refractivity contribution >= 4 is 17.7 Å². The molecule has 11 nitrogen and oxygen atoms in total. The van der Waals surface area contributed by atoms with Gasteiger partial charge < -0.3 is 34.1 Å². The van der Waals surface area contributed by atoms with Gasteiger partial charge in [-0.15, -0.1) is 0 Å². The van der Waals surface area contributed by atoms with Crippen LogP contribution < -0.4 is 14.8 Å². The summed E-state index contributed by atoms with van der Waals surface area (Å²) in [5.74, 6) is 1.71. The van der Waals surface area contributed by atoms with Crippen LogP contribution in [0.1, 0.15) is 50.2 Å². The minimum Gasteiger partial charge on any atom is -0.493 e. The molecular weight excluding hydrogens is 588 g/mol. The Kier molecular flexibility index (Phi) is 11.9. The highest BCUT2D eigenvalue weighted by atomic mass is 16.5. The first-order chi connectivity index (χ1) is 22.4. The van der Waals surface area contributed by atoms with Crippen molar-refractivity contribution in [2.45, 2.75) is 70.2 Å². The van der Waals surface area contributed by atoms with Gasteiger partial charge in [-0.2, -0.15) is 0 Å². The average molecular weight is 637 g/mol. The largest absolute Gasteiger partial charge is 0.493 e. The molecule has 46 heavy (non-hydrogen) atoms. The van der Waals surface area contributed by atoms with E-state index in [4.69, 9.17) is 18.9 Å². The Balaban J connectivity index is 1.36. The normalized spacial score (nSPS) is 22.0. The summed E-state index contributed by atoms with van der Waals surface area (Å²) in [6.45, 7) is 5.80. The van der Waals surface area contributed by atoms with Crippen molar-refractivity contribution in [2.24, 2.45) is 0 Å². The van der Waals surface area contributed by atoms with Crippen LogP contribution in [0.15, 0.2) is 42.5 Å². The molecule has 3 amide bonds. The predicted molar refractivity (Wildman–Crippen MR) is 173 cm³/mol. The first kappa shape index (κ1) is 33.7. The minimum absolute atomic E-state index is 0.0532. The number of hydrogen-bond acceptors (Lipinski definition) is 8. The van der Waals surface area contributed by atoms with Crippen molar-refractivity contribution < 1.29 is 33.3 Å². The fourth-order valence-corrected chi connectivity index (χ4v) is 6.58. The third kappa shape index (κ3) is 8.77. The van der Waals surface area contributed by atoms with Gasteiger partial charge in [-0.3, -0.25) is 19.3 Å². The van der Waals surface area contributed by atoms with Gasteiger partial charge in [-0.25, -0.2) is 0 Å². The highest BCUT2D eigenvalue weighted by Gasteiger charge is 2.39. The molecule has 250 valence electrons. The molecule has 0 unspecified atom stereocenters.